The number of nitrogens with zero attached hydrogens (tertiary/aromatic N) is 2. The summed E-state index contributed by atoms with van der Waals surface area (Å²) in [6.45, 7) is 4.88. The number of likely N-dealkylation sites (tertiary alicyclic amines) is 1. The van der Waals surface area contributed by atoms with Crippen LogP contribution in [0.15, 0.2) is 28.2 Å². The van der Waals surface area contributed by atoms with Crippen molar-refractivity contribution in [3.8, 4) is 0 Å². The van der Waals surface area contributed by atoms with E-state index in [4.69, 9.17) is 0 Å². The average molecular weight is 238 g/mol. The number of amides is 1. The van der Waals surface area contributed by atoms with Gasteiger partial charge < -0.3 is 0 Å². The van der Waals surface area contributed by atoms with Gasteiger partial charge in [0.1, 0.15) is 5.83 Å². The van der Waals surface area contributed by atoms with E-state index in [2.05, 4.69) is 10.1 Å². The summed E-state index contributed by atoms with van der Waals surface area (Å²) in [7, 11) is 0. The normalized spacial score (nSPS) is 24.9. The molecule has 1 aliphatic carbocycles. The highest BCUT2D eigenvalue weighted by molar-refractivity contribution is 5.98. The first kappa shape index (κ1) is 12.1. The standard InChI is InChI=1S/C12H15FN2O2/c1-7(2)15-4-3-9-10(12(16)14-17)5-8(13)6-11(9)15/h5,7,11H,3-4,6H2,1-2H3. The lowest BCUT2D eigenvalue weighted by Gasteiger charge is -2.30. The van der Waals surface area contributed by atoms with Crippen molar-refractivity contribution in [1.29, 1.82) is 0 Å². The van der Waals surface area contributed by atoms with Gasteiger partial charge >= 0.3 is 5.91 Å². The van der Waals surface area contributed by atoms with Gasteiger partial charge in [0.15, 0.2) is 0 Å². The molecule has 1 aliphatic heterocycles. The van der Waals surface area contributed by atoms with E-state index in [1.807, 2.05) is 13.8 Å². The van der Waals surface area contributed by atoms with Crippen molar-refractivity contribution in [2.24, 2.45) is 5.18 Å². The number of hydrogen-bond donors (Lipinski definition) is 0. The summed E-state index contributed by atoms with van der Waals surface area (Å²) in [5, 5.41) is 2.40. The molecule has 0 saturated carbocycles. The molecule has 0 radical (unpaired) electrons. The minimum Gasteiger partial charge on any atom is -0.293 e. The lowest BCUT2D eigenvalue weighted by atomic mass is 9.92. The van der Waals surface area contributed by atoms with E-state index in [1.54, 1.807) is 0 Å². The Labute approximate surface area is 99.1 Å². The van der Waals surface area contributed by atoms with Gasteiger partial charge in [-0.2, -0.15) is 0 Å². The molecule has 1 saturated heterocycles. The Hall–Kier alpha value is -1.36. The van der Waals surface area contributed by atoms with Gasteiger partial charge in [0.25, 0.3) is 0 Å². The zero-order chi connectivity index (χ0) is 12.6. The van der Waals surface area contributed by atoms with Gasteiger partial charge in [0.05, 0.1) is 0 Å². The van der Waals surface area contributed by atoms with Gasteiger partial charge in [0.2, 0.25) is 0 Å². The fraction of sp³-hybridized carbons (Fsp3) is 0.583. The second-order valence-electron chi connectivity index (χ2n) is 4.73. The molecule has 92 valence electrons. The molecule has 0 spiro atoms. The largest absolute Gasteiger partial charge is 0.316 e. The first-order valence-electron chi connectivity index (χ1n) is 5.77. The van der Waals surface area contributed by atoms with Crippen molar-refractivity contribution >= 4 is 5.91 Å². The van der Waals surface area contributed by atoms with Crippen LogP contribution in [-0.2, 0) is 4.79 Å². The molecule has 0 bridgehead atoms. The highest BCUT2D eigenvalue weighted by Crippen LogP contribution is 2.37. The molecule has 1 fully saturated rings. The lowest BCUT2D eigenvalue weighted by Crippen LogP contribution is -2.37. The molecular formula is C12H15FN2O2. The van der Waals surface area contributed by atoms with Crippen LogP contribution in [0.5, 0.6) is 0 Å². The maximum absolute atomic E-state index is 13.5. The van der Waals surface area contributed by atoms with E-state index in [-0.39, 0.29) is 17.4 Å². The van der Waals surface area contributed by atoms with Crippen LogP contribution in [0.1, 0.15) is 26.7 Å². The summed E-state index contributed by atoms with van der Waals surface area (Å²) in [4.78, 5) is 23.8. The molecule has 4 nitrogen and oxygen atoms in total. The molecule has 17 heavy (non-hydrogen) atoms. The Kier molecular flexibility index (Phi) is 3.19. The molecule has 1 atom stereocenters. The van der Waals surface area contributed by atoms with Gasteiger partial charge in [-0.1, -0.05) is 0 Å². The molecule has 0 aromatic heterocycles. The third-order valence-corrected chi connectivity index (χ3v) is 3.45. The summed E-state index contributed by atoms with van der Waals surface area (Å²) >= 11 is 0. The molecule has 5 heteroatoms. The molecule has 0 aromatic carbocycles. The van der Waals surface area contributed by atoms with E-state index in [0.717, 1.165) is 12.1 Å². The molecule has 1 amide bonds. The van der Waals surface area contributed by atoms with E-state index >= 15 is 0 Å². The predicted molar refractivity (Wildman–Crippen MR) is 61.9 cm³/mol. The molecule has 2 aliphatic rings. The second kappa shape index (κ2) is 4.49. The van der Waals surface area contributed by atoms with E-state index in [9.17, 15) is 14.1 Å². The maximum atomic E-state index is 13.5. The molecular weight excluding hydrogens is 223 g/mol. The highest BCUT2D eigenvalue weighted by atomic mass is 19.1. The summed E-state index contributed by atoms with van der Waals surface area (Å²) < 4.78 is 13.5. The Morgan fingerprint density at radius 3 is 2.88 bits per heavy atom. The van der Waals surface area contributed by atoms with Crippen molar-refractivity contribution in [3.63, 3.8) is 0 Å². The van der Waals surface area contributed by atoms with Crippen LogP contribution in [0.3, 0.4) is 0 Å². The molecule has 0 N–H and O–H groups in total. The maximum Gasteiger partial charge on any atom is 0.316 e. The van der Waals surface area contributed by atoms with Crippen molar-refractivity contribution < 1.29 is 9.18 Å². The summed E-state index contributed by atoms with van der Waals surface area (Å²) in [5.41, 5.74) is 1.03. The van der Waals surface area contributed by atoms with Crippen LogP contribution in [0.25, 0.3) is 0 Å². The molecule has 1 heterocycles. The van der Waals surface area contributed by atoms with Gasteiger partial charge in [-0.25, -0.2) is 4.39 Å². The topological polar surface area (TPSA) is 49.7 Å². The zero-order valence-electron chi connectivity index (χ0n) is 9.94. The van der Waals surface area contributed by atoms with Crippen LogP contribution < -0.4 is 0 Å². The predicted octanol–water partition coefficient (Wildman–Crippen LogP) is 2.32. The van der Waals surface area contributed by atoms with Crippen LogP contribution in [0.4, 0.5) is 4.39 Å². The van der Waals surface area contributed by atoms with Crippen LogP contribution in [0, 0.1) is 4.91 Å². The fourth-order valence-electron chi connectivity index (χ4n) is 2.69. The number of nitroso groups, excluding NO2 is 1. The van der Waals surface area contributed by atoms with Crippen molar-refractivity contribution in [3.05, 3.63) is 28.0 Å². The van der Waals surface area contributed by atoms with Crippen LogP contribution >= 0.6 is 0 Å². The Bertz CT molecular complexity index is 426. The fourth-order valence-corrected chi connectivity index (χ4v) is 2.69. The third-order valence-electron chi connectivity index (χ3n) is 3.45. The van der Waals surface area contributed by atoms with E-state index in [1.165, 1.54) is 6.08 Å². The quantitative estimate of drug-likeness (QED) is 0.694. The monoisotopic (exact) mass is 238 g/mol. The first-order valence-corrected chi connectivity index (χ1v) is 5.77. The van der Waals surface area contributed by atoms with Gasteiger partial charge in [0, 0.05) is 35.8 Å². The van der Waals surface area contributed by atoms with Crippen LogP contribution in [0.2, 0.25) is 0 Å². The van der Waals surface area contributed by atoms with Crippen molar-refractivity contribution in [2.75, 3.05) is 6.54 Å². The summed E-state index contributed by atoms with van der Waals surface area (Å²) in [5.74, 6) is -1.20. The van der Waals surface area contributed by atoms with E-state index in [0.29, 0.717) is 18.9 Å². The SMILES string of the molecule is CC(C)N1CCC2=C(C(=O)N=O)C=C(F)CC21. The zero-order valence-corrected chi connectivity index (χ0v) is 9.94. The minimum absolute atomic E-state index is 0.0827. The van der Waals surface area contributed by atoms with Gasteiger partial charge in [-0.15, -0.1) is 4.91 Å². The number of hydrogen-bond acceptors (Lipinski definition) is 3. The molecule has 0 aromatic rings. The van der Waals surface area contributed by atoms with Crippen molar-refractivity contribution in [1.82, 2.24) is 4.90 Å². The minimum atomic E-state index is -0.856. The third kappa shape index (κ3) is 2.07. The Morgan fingerprint density at radius 2 is 2.29 bits per heavy atom. The molecule has 1 unspecified atom stereocenters. The molecule has 2 rings (SSSR count). The summed E-state index contributed by atoms with van der Waals surface area (Å²) in [6, 6.07) is 0.213. The van der Waals surface area contributed by atoms with Gasteiger partial charge in [-0.3, -0.25) is 9.69 Å². The number of fused-ring (bicyclic) bond motifs is 1. The van der Waals surface area contributed by atoms with Crippen molar-refractivity contribution in [2.45, 2.75) is 38.8 Å². The lowest BCUT2D eigenvalue weighted by molar-refractivity contribution is -0.114. The second-order valence-corrected chi connectivity index (χ2v) is 4.73. The number of halogens is 1. The first-order chi connectivity index (χ1) is 8.04. The Morgan fingerprint density at radius 1 is 1.59 bits per heavy atom. The van der Waals surface area contributed by atoms with Crippen LogP contribution in [-0.4, -0.2) is 29.4 Å². The number of carbonyl (C=O) groups excluding carboxylic acids is 1. The number of carbonyl (C=O) groups is 1. The van der Waals surface area contributed by atoms with Gasteiger partial charge in [-0.05, 0) is 31.9 Å². The number of rotatable bonds is 2. The Balaban J connectivity index is 2.39. The average Bonchev–Trinajstić information content (AvgIpc) is 2.70. The smallest absolute Gasteiger partial charge is 0.293 e. The van der Waals surface area contributed by atoms with E-state index < -0.39 is 5.91 Å². The highest BCUT2D eigenvalue weighted by Gasteiger charge is 2.37. The summed E-state index contributed by atoms with van der Waals surface area (Å²) in [6.07, 6.45) is 2.17.